The lowest BCUT2D eigenvalue weighted by Crippen LogP contribution is -2.47. The molecule has 106 valence electrons. The first kappa shape index (κ1) is 14.3. The average Bonchev–Trinajstić information content (AvgIpc) is 2.72. The number of methoxy groups -OCH3 is 1. The minimum Gasteiger partial charge on any atom is -0.497 e. The van der Waals surface area contributed by atoms with Gasteiger partial charge in [-0.1, -0.05) is 19.9 Å². The van der Waals surface area contributed by atoms with Crippen LogP contribution < -0.4 is 9.64 Å². The summed E-state index contributed by atoms with van der Waals surface area (Å²) in [6.07, 6.45) is 1.72. The second-order valence-electron chi connectivity index (χ2n) is 5.56. The number of hydrogen-bond donors (Lipinski definition) is 0. The van der Waals surface area contributed by atoms with Crippen molar-refractivity contribution in [3.05, 3.63) is 36.4 Å². The number of amides is 1. The van der Waals surface area contributed by atoms with E-state index >= 15 is 0 Å². The van der Waals surface area contributed by atoms with Crippen LogP contribution >= 0.6 is 0 Å². The summed E-state index contributed by atoms with van der Waals surface area (Å²) < 4.78 is 5.15. The Labute approximate surface area is 119 Å². The molecule has 2 rings (SSSR count). The van der Waals surface area contributed by atoms with Crippen molar-refractivity contribution in [2.45, 2.75) is 26.8 Å². The van der Waals surface area contributed by atoms with Gasteiger partial charge in [0, 0.05) is 17.9 Å². The van der Waals surface area contributed by atoms with E-state index in [1.54, 1.807) is 36.3 Å². The molecule has 0 aliphatic carbocycles. The van der Waals surface area contributed by atoms with Crippen LogP contribution in [0.4, 0.5) is 5.69 Å². The topological polar surface area (TPSA) is 46.6 Å². The van der Waals surface area contributed by atoms with Crippen molar-refractivity contribution in [3.8, 4) is 5.75 Å². The summed E-state index contributed by atoms with van der Waals surface area (Å²) in [6.45, 7) is 9.07. The van der Waals surface area contributed by atoms with Crippen LogP contribution in [0.15, 0.2) is 30.9 Å². The number of fused-ring (bicyclic) bond motifs is 1. The van der Waals surface area contributed by atoms with Crippen LogP contribution in [0.5, 0.6) is 5.75 Å². The van der Waals surface area contributed by atoms with Gasteiger partial charge in [-0.3, -0.25) is 9.59 Å². The predicted octanol–water partition coefficient (Wildman–Crippen LogP) is 2.83. The van der Waals surface area contributed by atoms with Gasteiger partial charge < -0.3 is 9.64 Å². The van der Waals surface area contributed by atoms with Gasteiger partial charge in [-0.05, 0) is 18.2 Å². The highest BCUT2D eigenvalue weighted by Gasteiger charge is 2.46. The van der Waals surface area contributed by atoms with Gasteiger partial charge in [-0.25, -0.2) is 0 Å². The lowest BCUT2D eigenvalue weighted by Gasteiger charge is -2.33. The predicted molar refractivity (Wildman–Crippen MR) is 78.3 cm³/mol. The number of benzene rings is 1. The van der Waals surface area contributed by atoms with Gasteiger partial charge in [0.05, 0.1) is 12.8 Å². The Balaban J connectivity index is 2.61. The summed E-state index contributed by atoms with van der Waals surface area (Å²) in [5.41, 5.74) is 0.664. The summed E-state index contributed by atoms with van der Waals surface area (Å²) in [6, 6.07) is 4.64. The van der Waals surface area contributed by atoms with Crippen molar-refractivity contribution in [3.63, 3.8) is 0 Å². The Bertz CT molecular complexity index is 589. The number of ether oxygens (including phenoxy) is 1. The quantitative estimate of drug-likeness (QED) is 0.796. The minimum absolute atomic E-state index is 0.0704. The van der Waals surface area contributed by atoms with E-state index in [9.17, 15) is 9.59 Å². The standard InChI is InChI=1S/C16H19NO3/c1-6-16(3,4)15-14(19)12-9-11(20-5)7-8-13(12)17(15)10(2)18/h6-9,15H,1H2,2-5H3. The monoisotopic (exact) mass is 273 g/mol. The molecule has 0 aromatic heterocycles. The number of rotatable bonds is 3. The molecule has 1 aromatic carbocycles. The van der Waals surface area contributed by atoms with E-state index < -0.39 is 11.5 Å². The zero-order chi connectivity index (χ0) is 15.1. The van der Waals surface area contributed by atoms with Crippen molar-refractivity contribution >= 4 is 17.4 Å². The van der Waals surface area contributed by atoms with Crippen LogP contribution in [0.2, 0.25) is 0 Å². The maximum absolute atomic E-state index is 12.7. The Morgan fingerprint density at radius 2 is 2.10 bits per heavy atom. The molecule has 1 atom stereocenters. The van der Waals surface area contributed by atoms with Crippen molar-refractivity contribution in [2.24, 2.45) is 5.41 Å². The molecule has 0 saturated carbocycles. The van der Waals surface area contributed by atoms with Gasteiger partial charge in [0.2, 0.25) is 5.91 Å². The molecule has 0 spiro atoms. The van der Waals surface area contributed by atoms with E-state index in [1.807, 2.05) is 13.8 Å². The molecule has 1 unspecified atom stereocenters. The van der Waals surface area contributed by atoms with Gasteiger partial charge in [-0.15, -0.1) is 6.58 Å². The third-order valence-electron chi connectivity index (χ3n) is 3.81. The first-order chi connectivity index (χ1) is 9.33. The van der Waals surface area contributed by atoms with Gasteiger partial charge in [0.25, 0.3) is 0 Å². The molecular formula is C16H19NO3. The summed E-state index contributed by atoms with van der Waals surface area (Å²) in [5, 5.41) is 0. The fourth-order valence-electron chi connectivity index (χ4n) is 2.59. The largest absolute Gasteiger partial charge is 0.497 e. The maximum atomic E-state index is 12.7. The highest BCUT2D eigenvalue weighted by Crippen LogP contribution is 2.41. The van der Waals surface area contributed by atoms with E-state index in [4.69, 9.17) is 4.74 Å². The van der Waals surface area contributed by atoms with Crippen LogP contribution in [-0.2, 0) is 4.79 Å². The Morgan fingerprint density at radius 3 is 2.60 bits per heavy atom. The van der Waals surface area contributed by atoms with Crippen molar-refractivity contribution in [1.82, 2.24) is 0 Å². The molecule has 4 nitrogen and oxygen atoms in total. The number of nitrogens with zero attached hydrogens (tertiary/aromatic N) is 1. The fourth-order valence-corrected chi connectivity index (χ4v) is 2.59. The van der Waals surface area contributed by atoms with Crippen molar-refractivity contribution in [2.75, 3.05) is 12.0 Å². The molecule has 1 amide bonds. The van der Waals surface area contributed by atoms with Gasteiger partial charge >= 0.3 is 0 Å². The van der Waals surface area contributed by atoms with E-state index in [2.05, 4.69) is 6.58 Å². The minimum atomic E-state index is -0.556. The first-order valence-corrected chi connectivity index (χ1v) is 6.49. The van der Waals surface area contributed by atoms with Crippen molar-refractivity contribution < 1.29 is 14.3 Å². The molecule has 0 radical (unpaired) electrons. The van der Waals surface area contributed by atoms with Gasteiger partial charge in [0.1, 0.15) is 11.8 Å². The normalized spacial score (nSPS) is 17.9. The molecule has 4 heteroatoms. The van der Waals surface area contributed by atoms with Crippen LogP contribution in [0, 0.1) is 5.41 Å². The van der Waals surface area contributed by atoms with Gasteiger partial charge in [0.15, 0.2) is 5.78 Å². The van der Waals surface area contributed by atoms with E-state index in [0.717, 1.165) is 0 Å². The van der Waals surface area contributed by atoms with E-state index in [0.29, 0.717) is 17.0 Å². The summed E-state index contributed by atoms with van der Waals surface area (Å²) in [4.78, 5) is 26.2. The lowest BCUT2D eigenvalue weighted by atomic mass is 9.81. The third kappa shape index (κ3) is 2.01. The summed E-state index contributed by atoms with van der Waals surface area (Å²) >= 11 is 0. The van der Waals surface area contributed by atoms with Crippen LogP contribution in [0.25, 0.3) is 0 Å². The lowest BCUT2D eigenvalue weighted by molar-refractivity contribution is -0.117. The molecule has 1 heterocycles. The molecule has 0 saturated heterocycles. The number of carbonyl (C=O) groups is 2. The van der Waals surface area contributed by atoms with E-state index in [-0.39, 0.29) is 11.7 Å². The highest BCUT2D eigenvalue weighted by molar-refractivity contribution is 6.18. The number of ketones is 1. The molecule has 20 heavy (non-hydrogen) atoms. The molecule has 1 aliphatic rings. The Morgan fingerprint density at radius 1 is 1.45 bits per heavy atom. The molecule has 0 N–H and O–H groups in total. The maximum Gasteiger partial charge on any atom is 0.224 e. The zero-order valence-electron chi connectivity index (χ0n) is 12.3. The zero-order valence-corrected chi connectivity index (χ0v) is 12.3. The molecule has 0 fully saturated rings. The number of carbonyl (C=O) groups excluding carboxylic acids is 2. The summed E-state index contributed by atoms with van der Waals surface area (Å²) in [7, 11) is 1.55. The van der Waals surface area contributed by atoms with Crippen LogP contribution in [-0.4, -0.2) is 24.8 Å². The smallest absolute Gasteiger partial charge is 0.224 e. The molecule has 1 aliphatic heterocycles. The van der Waals surface area contributed by atoms with Crippen LogP contribution in [0.1, 0.15) is 31.1 Å². The SMILES string of the molecule is C=CC(C)(C)C1C(=O)c2cc(OC)ccc2N1C(C)=O. The molecule has 1 aromatic rings. The highest BCUT2D eigenvalue weighted by atomic mass is 16.5. The molecular weight excluding hydrogens is 254 g/mol. The number of Topliss-reactive ketones (excluding diaryl/α,β-unsaturated/α-hetero) is 1. The van der Waals surface area contributed by atoms with E-state index in [1.165, 1.54) is 6.92 Å². The third-order valence-corrected chi connectivity index (χ3v) is 3.81. The number of anilines is 1. The first-order valence-electron chi connectivity index (χ1n) is 6.49. The number of hydrogen-bond acceptors (Lipinski definition) is 3. The van der Waals surface area contributed by atoms with Gasteiger partial charge in [-0.2, -0.15) is 0 Å². The Kier molecular flexibility index (Phi) is 3.42. The fraction of sp³-hybridized carbons (Fsp3) is 0.375. The van der Waals surface area contributed by atoms with Crippen molar-refractivity contribution in [1.29, 1.82) is 0 Å². The molecule has 0 bridgehead atoms. The second kappa shape index (κ2) is 4.78. The average molecular weight is 273 g/mol. The second-order valence-corrected chi connectivity index (χ2v) is 5.56. The summed E-state index contributed by atoms with van der Waals surface area (Å²) in [5.74, 6) is 0.388. The Hall–Kier alpha value is -2.10. The van der Waals surface area contributed by atoms with Crippen LogP contribution in [0.3, 0.4) is 0 Å².